The monoisotopic (exact) mass is 266 g/mol. The maximum Gasteiger partial charge on any atom is 0.341 e. The highest BCUT2D eigenvalue weighted by Crippen LogP contribution is 2.23. The molecule has 0 unspecified atom stereocenters. The lowest BCUT2D eigenvalue weighted by Gasteiger charge is -2.11. The molecule has 0 aliphatic carbocycles. The number of aliphatic carboxylic acids is 1. The zero-order valence-electron chi connectivity index (χ0n) is 9.41. The van der Waals surface area contributed by atoms with Gasteiger partial charge in [0.15, 0.2) is 6.61 Å². The molecule has 2 rings (SSSR count). The predicted octanol–water partition coefficient (Wildman–Crippen LogP) is 2.05. The average molecular weight is 267 g/mol. The molecule has 6 heteroatoms. The summed E-state index contributed by atoms with van der Waals surface area (Å²) in [5.41, 5.74) is 0.807. The molecule has 0 bridgehead atoms. The van der Waals surface area contributed by atoms with Gasteiger partial charge in [-0.15, -0.1) is 0 Å². The van der Waals surface area contributed by atoms with Gasteiger partial charge in [-0.3, -0.25) is 0 Å². The summed E-state index contributed by atoms with van der Waals surface area (Å²) in [4.78, 5) is 14.4. The fourth-order valence-electron chi connectivity index (χ4n) is 1.53. The van der Waals surface area contributed by atoms with Gasteiger partial charge in [-0.1, -0.05) is 11.6 Å². The van der Waals surface area contributed by atoms with E-state index in [9.17, 15) is 4.79 Å². The molecule has 2 aromatic rings. The number of hydrogen-bond donors (Lipinski definition) is 1. The van der Waals surface area contributed by atoms with Gasteiger partial charge < -0.3 is 14.4 Å². The van der Waals surface area contributed by atoms with Crippen molar-refractivity contribution in [1.82, 2.24) is 9.55 Å². The summed E-state index contributed by atoms with van der Waals surface area (Å²) in [6.07, 6.45) is 5.14. The Bertz CT molecular complexity index is 540. The van der Waals surface area contributed by atoms with E-state index in [1.54, 1.807) is 30.7 Å². The van der Waals surface area contributed by atoms with E-state index < -0.39 is 5.97 Å². The third kappa shape index (κ3) is 3.24. The van der Waals surface area contributed by atoms with Crippen molar-refractivity contribution in [2.45, 2.75) is 6.54 Å². The molecule has 0 radical (unpaired) electrons. The number of rotatable bonds is 5. The molecule has 5 nitrogen and oxygen atoms in total. The van der Waals surface area contributed by atoms with Gasteiger partial charge >= 0.3 is 5.97 Å². The third-order valence-corrected chi connectivity index (χ3v) is 2.52. The summed E-state index contributed by atoms with van der Waals surface area (Å²) in [6, 6.07) is 5.08. The van der Waals surface area contributed by atoms with Crippen molar-refractivity contribution in [3.8, 4) is 5.75 Å². The Kier molecular flexibility index (Phi) is 3.84. The molecule has 1 aromatic carbocycles. The van der Waals surface area contributed by atoms with Crippen molar-refractivity contribution in [1.29, 1.82) is 0 Å². The van der Waals surface area contributed by atoms with Crippen LogP contribution in [0.1, 0.15) is 5.56 Å². The fraction of sp³-hybridized carbons (Fsp3) is 0.167. The molecule has 0 fully saturated rings. The Morgan fingerprint density at radius 2 is 2.33 bits per heavy atom. The first-order chi connectivity index (χ1) is 8.65. The van der Waals surface area contributed by atoms with E-state index in [4.69, 9.17) is 21.4 Å². The maximum atomic E-state index is 10.5. The Morgan fingerprint density at radius 1 is 1.50 bits per heavy atom. The molecule has 0 atom stereocenters. The second-order valence-electron chi connectivity index (χ2n) is 3.67. The van der Waals surface area contributed by atoms with Gasteiger partial charge in [0.25, 0.3) is 0 Å². The Morgan fingerprint density at radius 3 is 3.00 bits per heavy atom. The first-order valence-electron chi connectivity index (χ1n) is 5.24. The highest BCUT2D eigenvalue weighted by molar-refractivity contribution is 6.30. The van der Waals surface area contributed by atoms with Crippen LogP contribution in [0, 0.1) is 0 Å². The van der Waals surface area contributed by atoms with Crippen LogP contribution in [0.15, 0.2) is 36.9 Å². The quantitative estimate of drug-likeness (QED) is 0.900. The molecule has 1 aromatic heterocycles. The van der Waals surface area contributed by atoms with Crippen LogP contribution < -0.4 is 4.74 Å². The second-order valence-corrected chi connectivity index (χ2v) is 4.11. The average Bonchev–Trinajstić information content (AvgIpc) is 2.80. The van der Waals surface area contributed by atoms with Gasteiger partial charge in [-0.05, 0) is 18.2 Å². The lowest BCUT2D eigenvalue weighted by molar-refractivity contribution is -0.139. The van der Waals surface area contributed by atoms with Crippen molar-refractivity contribution in [2.24, 2.45) is 0 Å². The molecular weight excluding hydrogens is 256 g/mol. The Labute approximate surface area is 109 Å². The summed E-state index contributed by atoms with van der Waals surface area (Å²) in [5.74, 6) is -0.506. The van der Waals surface area contributed by atoms with Gasteiger partial charge in [-0.25, -0.2) is 9.78 Å². The van der Waals surface area contributed by atoms with Gasteiger partial charge in [0.1, 0.15) is 5.75 Å². The topological polar surface area (TPSA) is 64.3 Å². The van der Waals surface area contributed by atoms with Gasteiger partial charge in [-0.2, -0.15) is 0 Å². The molecule has 0 saturated heterocycles. The minimum atomic E-state index is -1.02. The van der Waals surface area contributed by atoms with Crippen LogP contribution in [0.4, 0.5) is 0 Å². The number of carboxylic acid groups (broad SMARTS) is 1. The van der Waals surface area contributed by atoms with Gasteiger partial charge in [0.2, 0.25) is 0 Å². The first-order valence-corrected chi connectivity index (χ1v) is 5.61. The Balaban J connectivity index is 2.20. The number of benzene rings is 1. The minimum absolute atomic E-state index is 0.376. The van der Waals surface area contributed by atoms with E-state index in [0.717, 1.165) is 5.56 Å². The normalized spacial score (nSPS) is 10.3. The zero-order valence-corrected chi connectivity index (χ0v) is 10.2. The van der Waals surface area contributed by atoms with Gasteiger partial charge in [0, 0.05) is 23.0 Å². The van der Waals surface area contributed by atoms with E-state index in [2.05, 4.69) is 4.98 Å². The smallest absolute Gasteiger partial charge is 0.341 e. The van der Waals surface area contributed by atoms with Crippen molar-refractivity contribution in [3.63, 3.8) is 0 Å². The SMILES string of the molecule is O=C(O)COc1ccc(Cl)cc1Cn1ccnc1. The molecule has 0 amide bonds. The standard InChI is InChI=1S/C12H11ClN2O3/c13-10-1-2-11(18-7-12(16)17)9(5-10)6-15-4-3-14-8-15/h1-5,8H,6-7H2,(H,16,17). The highest BCUT2D eigenvalue weighted by Gasteiger charge is 2.07. The molecule has 18 heavy (non-hydrogen) atoms. The molecule has 1 heterocycles. The lowest BCUT2D eigenvalue weighted by Crippen LogP contribution is -2.11. The molecule has 0 spiro atoms. The van der Waals surface area contributed by atoms with Crippen LogP contribution >= 0.6 is 11.6 Å². The molecule has 0 aliphatic rings. The van der Waals surface area contributed by atoms with Crippen LogP contribution in [-0.4, -0.2) is 27.2 Å². The summed E-state index contributed by atoms with van der Waals surface area (Å²) in [6.45, 7) is 0.147. The maximum absolute atomic E-state index is 10.5. The number of aromatic nitrogens is 2. The van der Waals surface area contributed by atoms with E-state index in [1.165, 1.54) is 0 Å². The van der Waals surface area contributed by atoms with E-state index >= 15 is 0 Å². The van der Waals surface area contributed by atoms with Crippen molar-refractivity contribution >= 4 is 17.6 Å². The number of carbonyl (C=O) groups is 1. The summed E-state index contributed by atoms with van der Waals surface area (Å²) >= 11 is 5.92. The van der Waals surface area contributed by atoms with Crippen LogP contribution in [0.5, 0.6) is 5.75 Å². The molecule has 0 saturated carbocycles. The number of imidazole rings is 1. The number of nitrogens with zero attached hydrogens (tertiary/aromatic N) is 2. The van der Waals surface area contributed by atoms with Crippen LogP contribution in [-0.2, 0) is 11.3 Å². The molecule has 94 valence electrons. The third-order valence-electron chi connectivity index (χ3n) is 2.29. The van der Waals surface area contributed by atoms with Crippen molar-refractivity contribution in [3.05, 3.63) is 47.5 Å². The number of hydrogen-bond acceptors (Lipinski definition) is 3. The van der Waals surface area contributed by atoms with Gasteiger partial charge in [0.05, 0.1) is 12.9 Å². The van der Waals surface area contributed by atoms with E-state index in [1.807, 2.05) is 10.8 Å². The molecular formula is C12H11ClN2O3. The van der Waals surface area contributed by atoms with Crippen molar-refractivity contribution in [2.75, 3.05) is 6.61 Å². The largest absolute Gasteiger partial charge is 0.482 e. The lowest BCUT2D eigenvalue weighted by atomic mass is 10.2. The number of ether oxygens (including phenoxy) is 1. The minimum Gasteiger partial charge on any atom is -0.482 e. The number of carboxylic acids is 1. The van der Waals surface area contributed by atoms with E-state index in [0.29, 0.717) is 17.3 Å². The Hall–Kier alpha value is -2.01. The molecule has 0 aliphatic heterocycles. The van der Waals surface area contributed by atoms with E-state index in [-0.39, 0.29) is 6.61 Å². The van der Waals surface area contributed by atoms with Crippen LogP contribution in [0.2, 0.25) is 5.02 Å². The molecule has 1 N–H and O–H groups in total. The highest BCUT2D eigenvalue weighted by atomic mass is 35.5. The second kappa shape index (κ2) is 5.55. The van der Waals surface area contributed by atoms with Crippen LogP contribution in [0.25, 0.3) is 0 Å². The zero-order chi connectivity index (χ0) is 13.0. The van der Waals surface area contributed by atoms with Crippen LogP contribution in [0.3, 0.4) is 0 Å². The number of halogens is 1. The van der Waals surface area contributed by atoms with Crippen molar-refractivity contribution < 1.29 is 14.6 Å². The summed E-state index contributed by atoms with van der Waals surface area (Å²) < 4.78 is 7.06. The predicted molar refractivity (Wildman–Crippen MR) is 65.9 cm³/mol. The fourth-order valence-corrected chi connectivity index (χ4v) is 1.72. The summed E-state index contributed by atoms with van der Waals surface area (Å²) in [7, 11) is 0. The first kappa shape index (κ1) is 12.4. The summed E-state index contributed by atoms with van der Waals surface area (Å²) in [5, 5.41) is 9.19.